The highest BCUT2D eigenvalue weighted by molar-refractivity contribution is 6.15. The lowest BCUT2D eigenvalue weighted by molar-refractivity contribution is -0.129. The van der Waals surface area contributed by atoms with Gasteiger partial charge in [0.15, 0.2) is 11.5 Å². The Labute approximate surface area is 170 Å². The predicted octanol–water partition coefficient (Wildman–Crippen LogP) is 3.13. The molecule has 0 spiro atoms. The molecule has 154 valence electrons. The normalized spacial score (nSPS) is 16.8. The summed E-state index contributed by atoms with van der Waals surface area (Å²) in [7, 11) is 3.80. The summed E-state index contributed by atoms with van der Waals surface area (Å²) in [4.78, 5) is 29.5. The van der Waals surface area contributed by atoms with Gasteiger partial charge < -0.3 is 24.1 Å². The number of hydrogen-bond donors (Lipinski definition) is 1. The van der Waals surface area contributed by atoms with E-state index in [1.807, 2.05) is 44.1 Å². The molecule has 1 N–H and O–H groups in total. The van der Waals surface area contributed by atoms with Crippen LogP contribution in [0.3, 0.4) is 0 Å². The number of aliphatic hydroxyl groups is 1. The fourth-order valence-corrected chi connectivity index (χ4v) is 3.40. The lowest BCUT2D eigenvalue weighted by atomic mass is 9.95. The highest BCUT2D eigenvalue weighted by atomic mass is 16.5. The molecule has 3 rings (SSSR count). The van der Waals surface area contributed by atoms with Gasteiger partial charge in [0.25, 0.3) is 5.91 Å². The summed E-state index contributed by atoms with van der Waals surface area (Å²) in [5, 5.41) is 10.6. The predicted molar refractivity (Wildman–Crippen MR) is 108 cm³/mol. The summed E-state index contributed by atoms with van der Waals surface area (Å²) in [6.07, 6.45) is 0. The van der Waals surface area contributed by atoms with Gasteiger partial charge in [0.05, 0.1) is 18.2 Å². The van der Waals surface area contributed by atoms with E-state index in [9.17, 15) is 14.7 Å². The van der Waals surface area contributed by atoms with E-state index in [1.165, 1.54) is 4.90 Å². The molecule has 2 aromatic rings. The van der Waals surface area contributed by atoms with Gasteiger partial charge in [-0.25, -0.2) is 0 Å². The first-order valence-electron chi connectivity index (χ1n) is 9.56. The Morgan fingerprint density at radius 1 is 1.28 bits per heavy atom. The molecule has 0 saturated carbocycles. The lowest BCUT2D eigenvalue weighted by Gasteiger charge is -2.28. The number of nitrogens with zero attached hydrogens (tertiary/aromatic N) is 2. The highest BCUT2D eigenvalue weighted by Crippen LogP contribution is 2.39. The number of ketones is 1. The van der Waals surface area contributed by atoms with E-state index in [2.05, 4.69) is 0 Å². The smallest absolute Gasteiger partial charge is 0.290 e. The van der Waals surface area contributed by atoms with Gasteiger partial charge in [-0.1, -0.05) is 12.1 Å². The maximum atomic E-state index is 13.2. The topological polar surface area (TPSA) is 83.2 Å². The van der Waals surface area contributed by atoms with E-state index < -0.39 is 23.5 Å². The van der Waals surface area contributed by atoms with Crippen LogP contribution in [0.15, 0.2) is 52.1 Å². The number of aryl methyl sites for hydroxylation is 1. The van der Waals surface area contributed by atoms with Gasteiger partial charge in [0.2, 0.25) is 5.78 Å². The van der Waals surface area contributed by atoms with Gasteiger partial charge >= 0.3 is 0 Å². The second-order valence-corrected chi connectivity index (χ2v) is 7.21. The van der Waals surface area contributed by atoms with Gasteiger partial charge in [-0.15, -0.1) is 0 Å². The molecule has 1 amide bonds. The summed E-state index contributed by atoms with van der Waals surface area (Å²) in [5.41, 5.74) is 0.718. The quantitative estimate of drug-likeness (QED) is 0.688. The van der Waals surface area contributed by atoms with Crippen molar-refractivity contribution in [1.82, 2.24) is 9.80 Å². The number of furan rings is 1. The van der Waals surface area contributed by atoms with Gasteiger partial charge in [-0.05, 0) is 57.8 Å². The van der Waals surface area contributed by atoms with Crippen molar-refractivity contribution in [2.75, 3.05) is 33.8 Å². The van der Waals surface area contributed by atoms with E-state index in [0.29, 0.717) is 36.8 Å². The van der Waals surface area contributed by atoms with E-state index in [1.54, 1.807) is 25.1 Å². The summed E-state index contributed by atoms with van der Waals surface area (Å²) in [6, 6.07) is 9.75. The molecule has 29 heavy (non-hydrogen) atoms. The third kappa shape index (κ3) is 4.19. The van der Waals surface area contributed by atoms with Crippen LogP contribution in [-0.4, -0.2) is 60.4 Å². The standard InChI is InChI=1S/C22H26N2O5/c1-5-28-16-8-6-7-15(13-16)19-18(20(25)17-10-9-14(2)29-17)21(26)22(27)24(19)12-11-23(3)4/h6-10,13,19,26H,5,11-12H2,1-4H3. The van der Waals surface area contributed by atoms with Gasteiger partial charge in [-0.3, -0.25) is 9.59 Å². The van der Waals surface area contributed by atoms with Crippen molar-refractivity contribution in [1.29, 1.82) is 0 Å². The van der Waals surface area contributed by atoms with E-state index in [-0.39, 0.29) is 11.3 Å². The Kier molecular flexibility index (Phi) is 6.08. The van der Waals surface area contributed by atoms with Gasteiger partial charge in [0.1, 0.15) is 11.5 Å². The van der Waals surface area contributed by atoms with Crippen LogP contribution in [0.4, 0.5) is 0 Å². The van der Waals surface area contributed by atoms with Crippen LogP contribution in [0.1, 0.15) is 34.8 Å². The molecule has 7 heteroatoms. The number of benzene rings is 1. The van der Waals surface area contributed by atoms with Crippen LogP contribution in [0.5, 0.6) is 5.75 Å². The number of aliphatic hydroxyl groups excluding tert-OH is 1. The molecule has 0 bridgehead atoms. The largest absolute Gasteiger partial charge is 0.503 e. The SMILES string of the molecule is CCOc1cccc(C2C(C(=O)c3ccc(C)o3)=C(O)C(=O)N2CCN(C)C)c1. The molecule has 0 aliphatic carbocycles. The number of hydrogen-bond acceptors (Lipinski definition) is 6. The Balaban J connectivity index is 2.06. The Bertz CT molecular complexity index is 944. The Morgan fingerprint density at radius 3 is 2.66 bits per heavy atom. The average Bonchev–Trinajstić information content (AvgIpc) is 3.22. The maximum Gasteiger partial charge on any atom is 0.290 e. The number of amides is 1. The second kappa shape index (κ2) is 8.53. The zero-order valence-electron chi connectivity index (χ0n) is 17.1. The van der Waals surface area contributed by atoms with Crippen LogP contribution < -0.4 is 4.74 Å². The van der Waals surface area contributed by atoms with Crippen molar-refractivity contribution in [3.05, 3.63) is 64.8 Å². The third-order valence-corrected chi connectivity index (χ3v) is 4.79. The first-order valence-corrected chi connectivity index (χ1v) is 9.56. The summed E-state index contributed by atoms with van der Waals surface area (Å²) in [5.74, 6) is -0.283. The number of likely N-dealkylation sites (N-methyl/N-ethyl adjacent to an activating group) is 1. The van der Waals surface area contributed by atoms with Crippen LogP contribution in [-0.2, 0) is 4.79 Å². The first-order chi connectivity index (χ1) is 13.8. The fraction of sp³-hybridized carbons (Fsp3) is 0.364. The summed E-state index contributed by atoms with van der Waals surface area (Å²) in [6.45, 7) is 5.05. The molecule has 1 aliphatic heterocycles. The highest BCUT2D eigenvalue weighted by Gasteiger charge is 2.44. The van der Waals surface area contributed by atoms with Crippen molar-refractivity contribution in [2.45, 2.75) is 19.9 Å². The minimum atomic E-state index is -0.722. The number of ether oxygens (including phenoxy) is 1. The first kappa shape index (κ1) is 20.7. The lowest BCUT2D eigenvalue weighted by Crippen LogP contribution is -2.36. The molecule has 0 saturated heterocycles. The molecule has 1 aliphatic rings. The molecule has 1 aromatic carbocycles. The van der Waals surface area contributed by atoms with Crippen LogP contribution >= 0.6 is 0 Å². The van der Waals surface area contributed by atoms with E-state index in [0.717, 1.165) is 0 Å². The average molecular weight is 398 g/mol. The zero-order valence-corrected chi connectivity index (χ0v) is 17.1. The molecular weight excluding hydrogens is 372 g/mol. The van der Waals surface area contributed by atoms with Crippen LogP contribution in [0.2, 0.25) is 0 Å². The van der Waals surface area contributed by atoms with Crippen molar-refractivity contribution in [3.63, 3.8) is 0 Å². The van der Waals surface area contributed by atoms with Crippen LogP contribution in [0, 0.1) is 6.92 Å². The third-order valence-electron chi connectivity index (χ3n) is 4.79. The van der Waals surface area contributed by atoms with Crippen LogP contribution in [0.25, 0.3) is 0 Å². The van der Waals surface area contributed by atoms with Crippen molar-refractivity contribution in [2.24, 2.45) is 0 Å². The minimum absolute atomic E-state index is 0.0248. The minimum Gasteiger partial charge on any atom is -0.503 e. The summed E-state index contributed by atoms with van der Waals surface area (Å²) >= 11 is 0. The monoisotopic (exact) mass is 398 g/mol. The number of carbonyl (C=O) groups excluding carboxylic acids is 2. The van der Waals surface area contributed by atoms with Crippen molar-refractivity contribution < 1.29 is 23.8 Å². The molecular formula is C22H26N2O5. The number of Topliss-reactive ketones (excluding diaryl/α,β-unsaturated/α-hetero) is 1. The maximum absolute atomic E-state index is 13.2. The molecule has 1 unspecified atom stereocenters. The number of carbonyl (C=O) groups is 2. The van der Waals surface area contributed by atoms with Gasteiger partial charge in [0, 0.05) is 13.1 Å². The fourth-order valence-electron chi connectivity index (χ4n) is 3.40. The summed E-state index contributed by atoms with van der Waals surface area (Å²) < 4.78 is 11.0. The molecule has 7 nitrogen and oxygen atoms in total. The van der Waals surface area contributed by atoms with Crippen molar-refractivity contribution >= 4 is 11.7 Å². The molecule has 0 fully saturated rings. The number of rotatable bonds is 8. The molecule has 1 atom stereocenters. The van der Waals surface area contributed by atoms with Gasteiger partial charge in [-0.2, -0.15) is 0 Å². The van der Waals surface area contributed by atoms with E-state index >= 15 is 0 Å². The second-order valence-electron chi connectivity index (χ2n) is 7.21. The van der Waals surface area contributed by atoms with Crippen molar-refractivity contribution in [3.8, 4) is 5.75 Å². The molecule has 2 heterocycles. The molecule has 1 aromatic heterocycles. The molecule has 0 radical (unpaired) electrons. The van der Waals surface area contributed by atoms with E-state index in [4.69, 9.17) is 9.15 Å². The Morgan fingerprint density at radius 2 is 2.03 bits per heavy atom. The zero-order chi connectivity index (χ0) is 21.1. The Hall–Kier alpha value is -3.06.